The maximum atomic E-state index is 14.4. The summed E-state index contributed by atoms with van der Waals surface area (Å²) >= 11 is 2.87. The molecule has 10 heteroatoms. The number of carbonyl (C=O) groups excluding carboxylic acids is 1. The number of nitrogens with zero attached hydrogens (tertiary/aromatic N) is 4. The standard InChI is InChI=1S/C37H34N4O4S2/c1-7-44-28-16-14-26(15-17-28)33-31(36(43)45-8-2)32(25-12-10-9-11-13-25)39-37-41(33)34(42)30(47-37)19-27-18-21(3)40(23(27)5)35-29(20-38)22(4)24(6)46-35/h9-19,33H,7-8H2,1-6H3/b30-19-/t33-/m1/s1. The molecule has 8 nitrogen and oxygen atoms in total. The third kappa shape index (κ3) is 5.66. The van der Waals surface area contributed by atoms with E-state index >= 15 is 0 Å². The molecule has 0 saturated heterocycles. The van der Waals surface area contributed by atoms with Crippen LogP contribution in [-0.4, -0.2) is 28.3 Å². The van der Waals surface area contributed by atoms with Crippen LogP contribution in [0.2, 0.25) is 0 Å². The van der Waals surface area contributed by atoms with Crippen molar-refractivity contribution in [1.82, 2.24) is 9.13 Å². The first-order valence-corrected chi connectivity index (χ1v) is 17.0. The lowest BCUT2D eigenvalue weighted by Crippen LogP contribution is -2.40. The Morgan fingerprint density at radius 3 is 2.40 bits per heavy atom. The zero-order valence-electron chi connectivity index (χ0n) is 27.1. The first kappa shape index (κ1) is 32.0. The van der Waals surface area contributed by atoms with E-state index in [1.165, 1.54) is 11.3 Å². The lowest BCUT2D eigenvalue weighted by Gasteiger charge is -2.26. The molecule has 0 aliphatic carbocycles. The minimum atomic E-state index is -0.777. The summed E-state index contributed by atoms with van der Waals surface area (Å²) in [5.41, 5.74) is 6.40. The molecule has 2 aromatic carbocycles. The SMILES string of the molecule is CCOC(=O)C1=C(c2ccccc2)N=c2s/c(=C\c3cc(C)n(-c4sc(C)c(C)c4C#N)c3C)c(=O)n2[C@@H]1c1ccc(OCC)cc1. The third-order valence-corrected chi connectivity index (χ3v) is 10.5. The number of aryl methyl sites for hydroxylation is 2. The zero-order valence-corrected chi connectivity index (χ0v) is 28.7. The summed E-state index contributed by atoms with van der Waals surface area (Å²) in [5, 5.41) is 10.8. The van der Waals surface area contributed by atoms with Crippen molar-refractivity contribution in [3.63, 3.8) is 0 Å². The number of thiophene rings is 1. The van der Waals surface area contributed by atoms with E-state index in [0.717, 1.165) is 43.5 Å². The molecular weight excluding hydrogens is 629 g/mol. The lowest BCUT2D eigenvalue weighted by molar-refractivity contribution is -0.138. The quantitative estimate of drug-likeness (QED) is 0.182. The molecule has 1 atom stereocenters. The topological polar surface area (TPSA) is 98.6 Å². The molecule has 0 amide bonds. The summed E-state index contributed by atoms with van der Waals surface area (Å²) in [6.07, 6.45) is 1.88. The molecule has 0 unspecified atom stereocenters. The van der Waals surface area contributed by atoms with E-state index in [4.69, 9.17) is 14.5 Å². The molecule has 0 spiro atoms. The van der Waals surface area contributed by atoms with Crippen LogP contribution >= 0.6 is 22.7 Å². The molecule has 47 heavy (non-hydrogen) atoms. The molecule has 1 aliphatic heterocycles. The summed E-state index contributed by atoms with van der Waals surface area (Å²) in [6, 6.07) is 20.6. The van der Waals surface area contributed by atoms with Gasteiger partial charge >= 0.3 is 5.97 Å². The van der Waals surface area contributed by atoms with Gasteiger partial charge in [-0.05, 0) is 82.5 Å². The molecule has 0 fully saturated rings. The number of benzene rings is 2. The van der Waals surface area contributed by atoms with Gasteiger partial charge in [-0.15, -0.1) is 11.3 Å². The van der Waals surface area contributed by atoms with Crippen LogP contribution in [0, 0.1) is 39.0 Å². The number of carbonyl (C=O) groups is 1. The average molecular weight is 663 g/mol. The molecule has 0 bridgehead atoms. The second kappa shape index (κ2) is 13.0. The van der Waals surface area contributed by atoms with Crippen LogP contribution in [0.25, 0.3) is 16.8 Å². The fourth-order valence-electron chi connectivity index (χ4n) is 5.95. The van der Waals surface area contributed by atoms with E-state index in [1.807, 2.05) is 101 Å². The summed E-state index contributed by atoms with van der Waals surface area (Å²) in [7, 11) is 0. The fourth-order valence-corrected chi connectivity index (χ4v) is 8.16. The summed E-state index contributed by atoms with van der Waals surface area (Å²) in [6.45, 7) is 12.4. The number of hydrogen-bond donors (Lipinski definition) is 0. The lowest BCUT2D eigenvalue weighted by atomic mass is 9.93. The van der Waals surface area contributed by atoms with Crippen molar-refractivity contribution in [3.8, 4) is 16.8 Å². The molecule has 0 N–H and O–H groups in total. The normalized spacial score (nSPS) is 14.5. The predicted octanol–water partition coefficient (Wildman–Crippen LogP) is 6.29. The molecule has 0 saturated carbocycles. The van der Waals surface area contributed by atoms with Gasteiger partial charge in [-0.2, -0.15) is 5.26 Å². The van der Waals surface area contributed by atoms with Gasteiger partial charge in [0.25, 0.3) is 5.56 Å². The summed E-state index contributed by atoms with van der Waals surface area (Å²) < 4.78 is 15.4. The van der Waals surface area contributed by atoms with Gasteiger partial charge in [0.1, 0.15) is 16.8 Å². The maximum Gasteiger partial charge on any atom is 0.338 e. The highest BCUT2D eigenvalue weighted by Crippen LogP contribution is 2.36. The Labute approximate surface area is 280 Å². The first-order chi connectivity index (χ1) is 22.7. The Hall–Kier alpha value is -4.98. The Morgan fingerprint density at radius 1 is 1.02 bits per heavy atom. The molecular formula is C37H34N4O4S2. The molecule has 4 heterocycles. The van der Waals surface area contributed by atoms with Gasteiger partial charge in [-0.1, -0.05) is 53.8 Å². The van der Waals surface area contributed by atoms with Crippen molar-refractivity contribution < 1.29 is 14.3 Å². The van der Waals surface area contributed by atoms with Gasteiger partial charge in [-0.3, -0.25) is 9.36 Å². The zero-order chi connectivity index (χ0) is 33.4. The van der Waals surface area contributed by atoms with E-state index < -0.39 is 12.0 Å². The number of hydrogen-bond acceptors (Lipinski definition) is 8. The van der Waals surface area contributed by atoms with Crippen molar-refractivity contribution in [2.24, 2.45) is 4.99 Å². The second-order valence-corrected chi connectivity index (χ2v) is 13.4. The van der Waals surface area contributed by atoms with Crippen LogP contribution in [0.3, 0.4) is 0 Å². The Morgan fingerprint density at radius 2 is 1.74 bits per heavy atom. The van der Waals surface area contributed by atoms with E-state index in [2.05, 4.69) is 10.6 Å². The third-order valence-electron chi connectivity index (χ3n) is 8.32. The van der Waals surface area contributed by atoms with Crippen LogP contribution in [0.15, 0.2) is 76.0 Å². The largest absolute Gasteiger partial charge is 0.494 e. The number of esters is 1. The van der Waals surface area contributed by atoms with Gasteiger partial charge in [0.05, 0.1) is 40.6 Å². The molecule has 6 rings (SSSR count). The smallest absolute Gasteiger partial charge is 0.338 e. The van der Waals surface area contributed by atoms with Gasteiger partial charge in [0.15, 0.2) is 4.80 Å². The Balaban J connectivity index is 1.59. The molecule has 3 aromatic heterocycles. The summed E-state index contributed by atoms with van der Waals surface area (Å²) in [5.74, 6) is 0.168. The van der Waals surface area contributed by atoms with Gasteiger partial charge in [-0.25, -0.2) is 9.79 Å². The number of nitriles is 1. The Bertz CT molecular complexity index is 2260. The van der Waals surface area contributed by atoms with Crippen LogP contribution < -0.4 is 19.6 Å². The molecule has 1 aliphatic rings. The van der Waals surface area contributed by atoms with Crippen molar-refractivity contribution >= 4 is 40.4 Å². The maximum absolute atomic E-state index is 14.4. The van der Waals surface area contributed by atoms with E-state index in [1.54, 1.807) is 22.8 Å². The van der Waals surface area contributed by atoms with Gasteiger partial charge in [0.2, 0.25) is 0 Å². The highest BCUT2D eigenvalue weighted by atomic mass is 32.1. The minimum Gasteiger partial charge on any atom is -0.494 e. The monoisotopic (exact) mass is 662 g/mol. The number of thiazole rings is 1. The number of ether oxygens (including phenoxy) is 2. The molecule has 238 valence electrons. The first-order valence-electron chi connectivity index (χ1n) is 15.4. The van der Waals surface area contributed by atoms with Crippen molar-refractivity contribution in [2.75, 3.05) is 13.2 Å². The van der Waals surface area contributed by atoms with Crippen molar-refractivity contribution in [1.29, 1.82) is 5.26 Å². The van der Waals surface area contributed by atoms with Crippen LogP contribution in [0.4, 0.5) is 0 Å². The number of rotatable bonds is 8. The second-order valence-electron chi connectivity index (χ2n) is 11.2. The van der Waals surface area contributed by atoms with E-state index in [0.29, 0.717) is 38.5 Å². The number of aromatic nitrogens is 2. The Kier molecular flexibility index (Phi) is 8.86. The minimum absolute atomic E-state index is 0.178. The predicted molar refractivity (Wildman–Crippen MR) is 186 cm³/mol. The van der Waals surface area contributed by atoms with Crippen LogP contribution in [0.5, 0.6) is 5.75 Å². The molecule has 5 aromatic rings. The van der Waals surface area contributed by atoms with E-state index in [9.17, 15) is 14.9 Å². The van der Waals surface area contributed by atoms with Gasteiger partial charge < -0.3 is 14.0 Å². The number of fused-ring (bicyclic) bond motifs is 1. The fraction of sp³-hybridized carbons (Fsp3) is 0.243. The van der Waals surface area contributed by atoms with Crippen molar-refractivity contribution in [2.45, 2.75) is 47.6 Å². The average Bonchev–Trinajstić information content (AvgIpc) is 3.64. The van der Waals surface area contributed by atoms with Crippen LogP contribution in [-0.2, 0) is 9.53 Å². The summed E-state index contributed by atoms with van der Waals surface area (Å²) in [4.78, 5) is 34.7. The van der Waals surface area contributed by atoms with E-state index in [-0.39, 0.29) is 12.2 Å². The van der Waals surface area contributed by atoms with Crippen molar-refractivity contribution in [3.05, 3.63) is 130 Å². The molecule has 0 radical (unpaired) electrons. The van der Waals surface area contributed by atoms with Gasteiger partial charge in [0, 0.05) is 21.8 Å². The highest BCUT2D eigenvalue weighted by molar-refractivity contribution is 7.15. The van der Waals surface area contributed by atoms with Crippen LogP contribution in [0.1, 0.15) is 64.0 Å². The highest BCUT2D eigenvalue weighted by Gasteiger charge is 2.35.